The summed E-state index contributed by atoms with van der Waals surface area (Å²) in [6.45, 7) is 3.58. The fraction of sp³-hybridized carbons (Fsp3) is 0.462. The second-order valence-electron chi connectivity index (χ2n) is 4.72. The molecule has 3 rings (SSSR count). The first-order chi connectivity index (χ1) is 9.24. The molecule has 0 atom stereocenters. The zero-order valence-corrected chi connectivity index (χ0v) is 11.5. The van der Waals surface area contributed by atoms with Crippen molar-refractivity contribution in [3.8, 4) is 11.3 Å². The van der Waals surface area contributed by atoms with Gasteiger partial charge in [-0.15, -0.1) is 0 Å². The van der Waals surface area contributed by atoms with E-state index in [0.29, 0.717) is 6.04 Å². The number of aryl methyl sites for hydroxylation is 1. The summed E-state index contributed by atoms with van der Waals surface area (Å²) in [5, 5.41) is 4.71. The summed E-state index contributed by atoms with van der Waals surface area (Å²) in [5.74, 6) is 0. The normalized spacial score (nSPS) is 16.7. The van der Waals surface area contributed by atoms with E-state index in [1.165, 1.54) is 0 Å². The lowest BCUT2D eigenvalue weighted by molar-refractivity contribution is 0.0662. The molecule has 3 heterocycles. The van der Waals surface area contributed by atoms with E-state index in [9.17, 15) is 0 Å². The largest absolute Gasteiger partial charge is 0.381 e. The summed E-state index contributed by atoms with van der Waals surface area (Å²) in [6.07, 6.45) is 7.61. The van der Waals surface area contributed by atoms with Gasteiger partial charge in [-0.2, -0.15) is 5.10 Å². The highest BCUT2D eigenvalue weighted by molar-refractivity contribution is 6.28. The quantitative estimate of drug-likeness (QED) is 0.793. The van der Waals surface area contributed by atoms with Gasteiger partial charge < -0.3 is 4.74 Å². The van der Waals surface area contributed by atoms with Crippen molar-refractivity contribution in [2.45, 2.75) is 25.8 Å². The Bertz CT molecular complexity index is 578. The number of aromatic nitrogens is 4. The Morgan fingerprint density at radius 3 is 2.89 bits per heavy atom. The van der Waals surface area contributed by atoms with Crippen molar-refractivity contribution in [3.63, 3.8) is 0 Å². The van der Waals surface area contributed by atoms with Crippen LogP contribution in [-0.2, 0) is 4.74 Å². The molecular weight excluding hydrogens is 264 g/mol. The molecule has 100 valence electrons. The molecule has 0 amide bonds. The maximum Gasteiger partial charge on any atom is 0.222 e. The predicted octanol–water partition coefficient (Wildman–Crippen LogP) is 2.65. The van der Waals surface area contributed by atoms with E-state index in [2.05, 4.69) is 15.1 Å². The van der Waals surface area contributed by atoms with Crippen molar-refractivity contribution in [1.29, 1.82) is 0 Å². The molecule has 19 heavy (non-hydrogen) atoms. The molecule has 0 aliphatic carbocycles. The van der Waals surface area contributed by atoms with Crippen LogP contribution in [0.2, 0.25) is 5.28 Å². The van der Waals surface area contributed by atoms with Gasteiger partial charge in [0.05, 0.1) is 17.9 Å². The molecule has 0 N–H and O–H groups in total. The minimum atomic E-state index is 0.263. The molecule has 2 aromatic heterocycles. The van der Waals surface area contributed by atoms with Crippen LogP contribution in [0.1, 0.15) is 24.4 Å². The van der Waals surface area contributed by atoms with Crippen LogP contribution in [0.5, 0.6) is 0 Å². The third-order valence-electron chi connectivity index (χ3n) is 3.38. The van der Waals surface area contributed by atoms with Gasteiger partial charge in [0.1, 0.15) is 0 Å². The summed E-state index contributed by atoms with van der Waals surface area (Å²) in [7, 11) is 0. The van der Waals surface area contributed by atoms with Gasteiger partial charge in [-0.1, -0.05) is 0 Å². The Labute approximate surface area is 116 Å². The zero-order chi connectivity index (χ0) is 13.2. The Hall–Kier alpha value is -1.46. The Balaban J connectivity index is 1.89. The first-order valence-corrected chi connectivity index (χ1v) is 6.73. The number of rotatable bonds is 2. The van der Waals surface area contributed by atoms with Gasteiger partial charge >= 0.3 is 0 Å². The van der Waals surface area contributed by atoms with Crippen molar-refractivity contribution in [2.24, 2.45) is 0 Å². The van der Waals surface area contributed by atoms with Crippen LogP contribution in [0.3, 0.4) is 0 Å². The number of hydrogen-bond donors (Lipinski definition) is 0. The molecule has 2 aromatic rings. The molecule has 5 nitrogen and oxygen atoms in total. The van der Waals surface area contributed by atoms with Gasteiger partial charge in [0.25, 0.3) is 0 Å². The van der Waals surface area contributed by atoms with Crippen LogP contribution < -0.4 is 0 Å². The topological polar surface area (TPSA) is 52.8 Å². The molecule has 0 aromatic carbocycles. The maximum atomic E-state index is 5.86. The van der Waals surface area contributed by atoms with E-state index < -0.39 is 0 Å². The predicted molar refractivity (Wildman–Crippen MR) is 72.1 cm³/mol. The first-order valence-electron chi connectivity index (χ1n) is 6.35. The minimum absolute atomic E-state index is 0.263. The van der Waals surface area contributed by atoms with Gasteiger partial charge in [-0.25, -0.2) is 9.97 Å². The van der Waals surface area contributed by atoms with Crippen molar-refractivity contribution in [2.75, 3.05) is 13.2 Å². The number of nitrogens with zero attached hydrogens (tertiary/aromatic N) is 4. The van der Waals surface area contributed by atoms with Gasteiger partial charge in [0.2, 0.25) is 5.28 Å². The third kappa shape index (κ3) is 2.62. The lowest BCUT2D eigenvalue weighted by Gasteiger charge is -2.22. The van der Waals surface area contributed by atoms with E-state index in [0.717, 1.165) is 42.9 Å². The van der Waals surface area contributed by atoms with E-state index in [1.54, 1.807) is 6.20 Å². The van der Waals surface area contributed by atoms with Crippen LogP contribution in [-0.4, -0.2) is 33.0 Å². The van der Waals surface area contributed by atoms with Crippen LogP contribution in [0.15, 0.2) is 18.6 Å². The second-order valence-corrected chi connectivity index (χ2v) is 5.06. The Morgan fingerprint density at radius 2 is 2.11 bits per heavy atom. The fourth-order valence-electron chi connectivity index (χ4n) is 2.32. The van der Waals surface area contributed by atoms with Gasteiger partial charge in [-0.05, 0) is 36.9 Å². The Morgan fingerprint density at radius 1 is 1.32 bits per heavy atom. The van der Waals surface area contributed by atoms with Crippen LogP contribution in [0.25, 0.3) is 11.3 Å². The van der Waals surface area contributed by atoms with E-state index >= 15 is 0 Å². The van der Waals surface area contributed by atoms with Crippen molar-refractivity contribution < 1.29 is 4.74 Å². The molecule has 1 aliphatic rings. The number of ether oxygens (including phenoxy) is 1. The standard InChI is InChI=1S/C13H15ClN4O/c1-9-6-15-13(14)17-12(9)10-7-16-18(8-10)11-2-4-19-5-3-11/h6-8,11H,2-5H2,1H3. The minimum Gasteiger partial charge on any atom is -0.381 e. The lowest BCUT2D eigenvalue weighted by atomic mass is 10.1. The smallest absolute Gasteiger partial charge is 0.222 e. The number of halogens is 1. The maximum absolute atomic E-state index is 5.86. The second kappa shape index (κ2) is 5.27. The average molecular weight is 279 g/mol. The summed E-state index contributed by atoms with van der Waals surface area (Å²) < 4.78 is 7.38. The average Bonchev–Trinajstić information content (AvgIpc) is 2.92. The molecular formula is C13H15ClN4O. The monoisotopic (exact) mass is 278 g/mol. The van der Waals surface area contributed by atoms with Crippen LogP contribution in [0.4, 0.5) is 0 Å². The summed E-state index contributed by atoms with van der Waals surface area (Å²) in [5.41, 5.74) is 2.82. The van der Waals surface area contributed by atoms with E-state index in [1.807, 2.05) is 24.0 Å². The van der Waals surface area contributed by atoms with E-state index in [4.69, 9.17) is 16.3 Å². The van der Waals surface area contributed by atoms with Crippen LogP contribution >= 0.6 is 11.6 Å². The molecule has 0 bridgehead atoms. The first kappa shape index (κ1) is 12.6. The lowest BCUT2D eigenvalue weighted by Crippen LogP contribution is -2.19. The van der Waals surface area contributed by atoms with Crippen molar-refractivity contribution >= 4 is 11.6 Å². The highest BCUT2D eigenvalue weighted by Crippen LogP contribution is 2.25. The van der Waals surface area contributed by atoms with Gasteiger partial charge in [0.15, 0.2) is 0 Å². The molecule has 0 spiro atoms. The molecule has 0 saturated carbocycles. The fourth-order valence-corrected chi connectivity index (χ4v) is 2.46. The highest BCUT2D eigenvalue weighted by Gasteiger charge is 2.17. The van der Waals surface area contributed by atoms with E-state index in [-0.39, 0.29) is 5.28 Å². The molecule has 1 fully saturated rings. The zero-order valence-electron chi connectivity index (χ0n) is 10.7. The van der Waals surface area contributed by atoms with Crippen LogP contribution in [0, 0.1) is 6.92 Å². The van der Waals surface area contributed by atoms with Crippen molar-refractivity contribution in [1.82, 2.24) is 19.7 Å². The SMILES string of the molecule is Cc1cnc(Cl)nc1-c1cnn(C2CCOCC2)c1. The highest BCUT2D eigenvalue weighted by atomic mass is 35.5. The molecule has 6 heteroatoms. The Kier molecular flexibility index (Phi) is 3.48. The summed E-state index contributed by atoms with van der Waals surface area (Å²) >= 11 is 5.86. The molecule has 0 radical (unpaired) electrons. The molecule has 0 unspecified atom stereocenters. The molecule has 1 saturated heterocycles. The van der Waals surface area contributed by atoms with Gasteiger partial charge in [-0.3, -0.25) is 4.68 Å². The summed E-state index contributed by atoms with van der Waals surface area (Å²) in [4.78, 5) is 8.25. The van der Waals surface area contributed by atoms with Gasteiger partial charge in [0, 0.05) is 31.2 Å². The third-order valence-corrected chi connectivity index (χ3v) is 3.56. The number of hydrogen-bond acceptors (Lipinski definition) is 4. The molecule has 1 aliphatic heterocycles. The van der Waals surface area contributed by atoms with Crippen molar-refractivity contribution in [3.05, 3.63) is 29.4 Å². The summed E-state index contributed by atoms with van der Waals surface area (Å²) in [6, 6.07) is 0.417.